The summed E-state index contributed by atoms with van der Waals surface area (Å²) in [5.41, 5.74) is 1.46. The molecule has 112 valence electrons. The van der Waals surface area contributed by atoms with Gasteiger partial charge in [0.2, 0.25) is 0 Å². The summed E-state index contributed by atoms with van der Waals surface area (Å²) in [7, 11) is 0. The maximum Gasteiger partial charge on any atom is 0.573 e. The minimum atomic E-state index is -4.69. The van der Waals surface area contributed by atoms with Crippen LogP contribution in [0.2, 0.25) is 0 Å². The molecule has 0 spiro atoms. The van der Waals surface area contributed by atoms with Crippen LogP contribution in [-0.2, 0) is 0 Å². The summed E-state index contributed by atoms with van der Waals surface area (Å²) in [5.74, 6) is 0.354. The van der Waals surface area contributed by atoms with Gasteiger partial charge in [-0.25, -0.2) is 4.98 Å². The molecule has 1 heterocycles. The summed E-state index contributed by atoms with van der Waals surface area (Å²) in [5, 5.41) is 4.05. The summed E-state index contributed by atoms with van der Waals surface area (Å²) in [6.07, 6.45) is -4.69. The number of nitrogens with one attached hydrogen (secondary N) is 1. The first kappa shape index (κ1) is 14.2. The van der Waals surface area contributed by atoms with Gasteiger partial charge in [0.05, 0.1) is 5.52 Å². The number of benzene rings is 2. The molecule has 0 aliphatic rings. The van der Waals surface area contributed by atoms with Crippen LogP contribution in [0.3, 0.4) is 0 Å². The molecular weight excluding hydrogens is 293 g/mol. The third kappa shape index (κ3) is 3.46. The highest BCUT2D eigenvalue weighted by Crippen LogP contribution is 2.25. The predicted octanol–water partition coefficient (Wildman–Crippen LogP) is 4.88. The maximum absolute atomic E-state index is 12.1. The molecular formula is C16H11F3N2O. The zero-order valence-electron chi connectivity index (χ0n) is 11.3. The number of halogens is 3. The average Bonchev–Trinajstić information content (AvgIpc) is 2.48. The molecule has 0 aliphatic heterocycles. The Kier molecular flexibility index (Phi) is 3.58. The number of aromatic nitrogens is 1. The van der Waals surface area contributed by atoms with Crippen LogP contribution in [0.25, 0.3) is 10.9 Å². The lowest BCUT2D eigenvalue weighted by atomic mass is 10.2. The molecule has 0 saturated carbocycles. The molecule has 1 N–H and O–H groups in total. The van der Waals surface area contributed by atoms with Crippen LogP contribution >= 0.6 is 0 Å². The van der Waals surface area contributed by atoms with E-state index in [2.05, 4.69) is 15.0 Å². The third-order valence-corrected chi connectivity index (χ3v) is 2.96. The highest BCUT2D eigenvalue weighted by molar-refractivity contribution is 5.80. The molecule has 0 saturated heterocycles. The smallest absolute Gasteiger partial charge is 0.406 e. The lowest BCUT2D eigenvalue weighted by Crippen LogP contribution is -2.16. The molecule has 0 atom stereocenters. The number of pyridine rings is 1. The molecule has 0 aliphatic carbocycles. The van der Waals surface area contributed by atoms with E-state index in [4.69, 9.17) is 0 Å². The van der Waals surface area contributed by atoms with Gasteiger partial charge < -0.3 is 10.1 Å². The monoisotopic (exact) mass is 304 g/mol. The van der Waals surface area contributed by atoms with Crippen molar-refractivity contribution in [2.45, 2.75) is 6.36 Å². The van der Waals surface area contributed by atoms with Crippen molar-refractivity contribution in [3.8, 4) is 5.75 Å². The molecule has 2 aromatic carbocycles. The molecule has 0 bridgehead atoms. The Morgan fingerprint density at radius 1 is 0.864 bits per heavy atom. The van der Waals surface area contributed by atoms with E-state index < -0.39 is 6.36 Å². The average molecular weight is 304 g/mol. The van der Waals surface area contributed by atoms with Crippen LogP contribution < -0.4 is 10.1 Å². The predicted molar refractivity (Wildman–Crippen MR) is 78.2 cm³/mol. The van der Waals surface area contributed by atoms with Crippen molar-refractivity contribution in [3.05, 3.63) is 60.7 Å². The first-order chi connectivity index (χ1) is 10.5. The molecule has 6 heteroatoms. The van der Waals surface area contributed by atoms with Crippen molar-refractivity contribution < 1.29 is 17.9 Å². The van der Waals surface area contributed by atoms with Gasteiger partial charge >= 0.3 is 6.36 Å². The van der Waals surface area contributed by atoms with Crippen molar-refractivity contribution in [2.75, 3.05) is 5.32 Å². The largest absolute Gasteiger partial charge is 0.573 e. The fraction of sp³-hybridized carbons (Fsp3) is 0.0625. The quantitative estimate of drug-likeness (QED) is 0.749. The number of rotatable bonds is 3. The van der Waals surface area contributed by atoms with Gasteiger partial charge in [-0.1, -0.05) is 18.2 Å². The number of ether oxygens (including phenoxy) is 1. The fourth-order valence-electron chi connectivity index (χ4n) is 2.02. The topological polar surface area (TPSA) is 34.1 Å². The molecule has 0 unspecified atom stereocenters. The van der Waals surface area contributed by atoms with Crippen molar-refractivity contribution in [3.63, 3.8) is 0 Å². The van der Waals surface area contributed by atoms with Gasteiger partial charge in [0, 0.05) is 11.1 Å². The lowest BCUT2D eigenvalue weighted by molar-refractivity contribution is -0.274. The highest BCUT2D eigenvalue weighted by atomic mass is 19.4. The number of hydrogen-bond acceptors (Lipinski definition) is 3. The lowest BCUT2D eigenvalue weighted by Gasteiger charge is -2.10. The van der Waals surface area contributed by atoms with Crippen LogP contribution in [0, 0.1) is 0 Å². The Bertz CT molecular complexity index is 785. The summed E-state index contributed by atoms with van der Waals surface area (Å²) >= 11 is 0. The van der Waals surface area contributed by atoms with Gasteiger partial charge in [-0.2, -0.15) is 0 Å². The maximum atomic E-state index is 12.1. The number of alkyl halides is 3. The van der Waals surface area contributed by atoms with E-state index in [1.54, 1.807) is 0 Å². The number of nitrogens with zero attached hydrogens (tertiary/aromatic N) is 1. The summed E-state index contributed by atoms with van der Waals surface area (Å²) in [4.78, 5) is 4.43. The fourth-order valence-corrected chi connectivity index (χ4v) is 2.02. The summed E-state index contributed by atoms with van der Waals surface area (Å²) in [6.45, 7) is 0. The highest BCUT2D eigenvalue weighted by Gasteiger charge is 2.30. The second kappa shape index (κ2) is 5.55. The summed E-state index contributed by atoms with van der Waals surface area (Å²) in [6, 6.07) is 16.9. The zero-order valence-corrected chi connectivity index (χ0v) is 11.3. The number of para-hydroxylation sites is 1. The van der Waals surface area contributed by atoms with Crippen LogP contribution in [0.4, 0.5) is 24.7 Å². The van der Waals surface area contributed by atoms with Crippen molar-refractivity contribution in [1.29, 1.82) is 0 Å². The Morgan fingerprint density at radius 2 is 1.59 bits per heavy atom. The summed E-state index contributed by atoms with van der Waals surface area (Å²) < 4.78 is 40.1. The normalized spacial score (nSPS) is 11.4. The van der Waals surface area contributed by atoms with Crippen molar-refractivity contribution in [1.82, 2.24) is 4.98 Å². The zero-order chi connectivity index (χ0) is 15.6. The van der Waals surface area contributed by atoms with Gasteiger partial charge in [0.25, 0.3) is 0 Å². The molecule has 0 radical (unpaired) electrons. The minimum absolute atomic E-state index is 0.260. The van der Waals surface area contributed by atoms with Crippen LogP contribution in [-0.4, -0.2) is 11.3 Å². The van der Waals surface area contributed by atoms with E-state index >= 15 is 0 Å². The van der Waals surface area contributed by atoms with E-state index in [0.29, 0.717) is 11.5 Å². The van der Waals surface area contributed by atoms with Crippen LogP contribution in [0.1, 0.15) is 0 Å². The van der Waals surface area contributed by atoms with Crippen molar-refractivity contribution in [2.24, 2.45) is 0 Å². The van der Waals surface area contributed by atoms with E-state index in [-0.39, 0.29) is 5.75 Å². The van der Waals surface area contributed by atoms with E-state index in [9.17, 15) is 13.2 Å². The first-order valence-corrected chi connectivity index (χ1v) is 6.48. The first-order valence-electron chi connectivity index (χ1n) is 6.48. The standard InChI is InChI=1S/C16H11F3N2O/c17-16(18,19)22-13-8-6-12(7-9-13)20-15-10-5-11-3-1-2-4-14(11)21-15/h1-10H,(H,20,21). The minimum Gasteiger partial charge on any atom is -0.406 e. The molecule has 3 nitrogen and oxygen atoms in total. The van der Waals surface area contributed by atoms with Crippen molar-refractivity contribution >= 4 is 22.4 Å². The number of hydrogen-bond donors (Lipinski definition) is 1. The van der Waals surface area contributed by atoms with Crippen LogP contribution in [0.5, 0.6) is 5.75 Å². The van der Waals surface area contributed by atoms with Crippen LogP contribution in [0.15, 0.2) is 60.7 Å². The Balaban J connectivity index is 1.77. The Labute approximate surface area is 124 Å². The second-order valence-electron chi connectivity index (χ2n) is 4.59. The van der Waals surface area contributed by atoms with Gasteiger partial charge in [-0.15, -0.1) is 13.2 Å². The Morgan fingerprint density at radius 3 is 2.32 bits per heavy atom. The molecule has 3 rings (SSSR count). The Hall–Kier alpha value is -2.76. The SMILES string of the molecule is FC(F)(F)Oc1ccc(Nc2ccc3ccccc3n2)cc1. The van der Waals surface area contributed by atoms with Gasteiger partial charge in [-0.05, 0) is 42.5 Å². The number of anilines is 2. The van der Waals surface area contributed by atoms with E-state index in [1.807, 2.05) is 36.4 Å². The third-order valence-electron chi connectivity index (χ3n) is 2.96. The second-order valence-corrected chi connectivity index (χ2v) is 4.59. The van der Waals surface area contributed by atoms with Gasteiger partial charge in [0.1, 0.15) is 11.6 Å². The molecule has 0 fully saturated rings. The van der Waals surface area contributed by atoms with Gasteiger partial charge in [-0.3, -0.25) is 0 Å². The molecule has 3 aromatic rings. The molecule has 1 aromatic heterocycles. The number of fused-ring (bicyclic) bond motifs is 1. The van der Waals surface area contributed by atoms with E-state index in [0.717, 1.165) is 10.9 Å². The molecule has 22 heavy (non-hydrogen) atoms. The van der Waals surface area contributed by atoms with E-state index in [1.165, 1.54) is 24.3 Å². The molecule has 0 amide bonds. The van der Waals surface area contributed by atoms with Gasteiger partial charge in [0.15, 0.2) is 0 Å².